The van der Waals surface area contributed by atoms with Crippen LogP contribution in [0.2, 0.25) is 0 Å². The molecule has 0 aliphatic rings. The number of non-ortho nitro benzene ring substituents is 1. The minimum atomic E-state index is -0.556. The van der Waals surface area contributed by atoms with Crippen LogP contribution in [0.25, 0.3) is 0 Å². The number of nitro benzene ring substituents is 1. The number of ether oxygens (including phenoxy) is 2. The zero-order valence-corrected chi connectivity index (χ0v) is 12.6. The Morgan fingerprint density at radius 2 is 2.05 bits per heavy atom. The van der Waals surface area contributed by atoms with Gasteiger partial charge in [-0.1, -0.05) is 28.1 Å². The van der Waals surface area contributed by atoms with Gasteiger partial charge >= 0.3 is 0 Å². The minimum Gasteiger partial charge on any atom is -0.493 e. The maximum Gasteiger partial charge on any atom is 0.273 e. The van der Waals surface area contributed by atoms with Gasteiger partial charge in [-0.3, -0.25) is 10.1 Å². The first-order chi connectivity index (χ1) is 10.1. The van der Waals surface area contributed by atoms with E-state index in [1.165, 1.54) is 31.4 Å². The Labute approximate surface area is 128 Å². The number of alkyl halides is 1. The van der Waals surface area contributed by atoms with Crippen LogP contribution < -0.4 is 9.47 Å². The minimum absolute atomic E-state index is 0.00757. The molecule has 0 unspecified atom stereocenters. The molecule has 110 valence electrons. The van der Waals surface area contributed by atoms with Crippen LogP contribution in [0.4, 0.5) is 10.1 Å². The first kappa shape index (κ1) is 15.2. The monoisotopic (exact) mass is 355 g/mol. The number of hydrogen-bond donors (Lipinski definition) is 0. The van der Waals surface area contributed by atoms with Crippen LogP contribution in [-0.4, -0.2) is 12.0 Å². The van der Waals surface area contributed by atoms with Gasteiger partial charge in [0.05, 0.1) is 18.1 Å². The first-order valence-electron chi connectivity index (χ1n) is 5.90. The summed E-state index contributed by atoms with van der Waals surface area (Å²) in [5.41, 5.74) is 0.422. The van der Waals surface area contributed by atoms with E-state index in [2.05, 4.69) is 15.9 Å². The Balaban J connectivity index is 2.48. The fraction of sp³-hybridized carbons (Fsp3) is 0.143. The van der Waals surface area contributed by atoms with Crippen molar-refractivity contribution in [2.45, 2.75) is 5.33 Å². The van der Waals surface area contributed by atoms with Gasteiger partial charge in [0, 0.05) is 17.0 Å². The molecule has 0 N–H and O–H groups in total. The fourth-order valence-corrected chi connectivity index (χ4v) is 2.18. The highest BCUT2D eigenvalue weighted by Gasteiger charge is 2.16. The molecule has 0 atom stereocenters. The van der Waals surface area contributed by atoms with Crippen LogP contribution in [-0.2, 0) is 5.33 Å². The van der Waals surface area contributed by atoms with E-state index in [1.807, 2.05) is 0 Å². The van der Waals surface area contributed by atoms with Crippen molar-refractivity contribution in [2.24, 2.45) is 0 Å². The van der Waals surface area contributed by atoms with Crippen LogP contribution in [0, 0.1) is 15.9 Å². The molecule has 0 heterocycles. The van der Waals surface area contributed by atoms with Gasteiger partial charge in [-0.2, -0.15) is 0 Å². The normalized spacial score (nSPS) is 10.2. The standard InChI is InChI=1S/C14H11BrFNO4/c1-20-12-6-5-10(17(18)19)7-13(12)21-14-9(8-15)3-2-4-11(14)16/h2-7H,8H2,1H3. The van der Waals surface area contributed by atoms with E-state index >= 15 is 0 Å². The van der Waals surface area contributed by atoms with Gasteiger partial charge in [0.25, 0.3) is 5.69 Å². The molecule has 0 amide bonds. The lowest BCUT2D eigenvalue weighted by Crippen LogP contribution is -1.97. The zero-order chi connectivity index (χ0) is 15.4. The lowest BCUT2D eigenvalue weighted by molar-refractivity contribution is -0.384. The molecule has 0 spiro atoms. The molecule has 0 bridgehead atoms. The summed E-state index contributed by atoms with van der Waals surface area (Å²) in [5.74, 6) is -0.183. The third-order valence-electron chi connectivity index (χ3n) is 2.76. The number of halogens is 2. The van der Waals surface area contributed by atoms with E-state index in [1.54, 1.807) is 12.1 Å². The number of hydrogen-bond acceptors (Lipinski definition) is 4. The third-order valence-corrected chi connectivity index (χ3v) is 3.37. The van der Waals surface area contributed by atoms with Crippen molar-refractivity contribution in [2.75, 3.05) is 7.11 Å². The van der Waals surface area contributed by atoms with Crippen molar-refractivity contribution in [3.05, 3.63) is 57.9 Å². The Morgan fingerprint density at radius 3 is 2.67 bits per heavy atom. The molecule has 0 aliphatic heterocycles. The molecule has 2 aromatic rings. The average molecular weight is 356 g/mol. The summed E-state index contributed by atoms with van der Waals surface area (Å²) >= 11 is 3.24. The highest BCUT2D eigenvalue weighted by molar-refractivity contribution is 9.08. The molecule has 5 nitrogen and oxygen atoms in total. The molecule has 0 radical (unpaired) electrons. The number of para-hydroxylation sites is 1. The molecule has 0 saturated carbocycles. The third kappa shape index (κ3) is 3.30. The van der Waals surface area contributed by atoms with E-state index in [9.17, 15) is 14.5 Å². The quantitative estimate of drug-likeness (QED) is 0.452. The van der Waals surface area contributed by atoms with Crippen LogP contribution >= 0.6 is 15.9 Å². The molecule has 7 heteroatoms. The second kappa shape index (κ2) is 6.53. The van der Waals surface area contributed by atoms with Gasteiger partial charge in [-0.25, -0.2) is 4.39 Å². The second-order valence-electron chi connectivity index (χ2n) is 4.06. The number of nitrogens with zero attached hydrogens (tertiary/aromatic N) is 1. The molecule has 0 aliphatic carbocycles. The molecule has 2 rings (SSSR count). The average Bonchev–Trinajstić information content (AvgIpc) is 2.49. The van der Waals surface area contributed by atoms with Crippen LogP contribution in [0.15, 0.2) is 36.4 Å². The molecule has 0 fully saturated rings. The van der Waals surface area contributed by atoms with Gasteiger partial charge in [0.1, 0.15) is 0 Å². The van der Waals surface area contributed by atoms with Crippen molar-refractivity contribution in [1.82, 2.24) is 0 Å². The number of nitro groups is 1. The largest absolute Gasteiger partial charge is 0.493 e. The van der Waals surface area contributed by atoms with Gasteiger partial charge in [0.15, 0.2) is 23.1 Å². The smallest absolute Gasteiger partial charge is 0.273 e. The molecular formula is C14H11BrFNO4. The predicted molar refractivity (Wildman–Crippen MR) is 78.8 cm³/mol. The van der Waals surface area contributed by atoms with E-state index in [-0.39, 0.29) is 22.9 Å². The van der Waals surface area contributed by atoms with Gasteiger partial charge < -0.3 is 9.47 Å². The van der Waals surface area contributed by atoms with Crippen LogP contribution in [0.3, 0.4) is 0 Å². The van der Waals surface area contributed by atoms with E-state index in [0.29, 0.717) is 10.9 Å². The summed E-state index contributed by atoms with van der Waals surface area (Å²) in [6.45, 7) is 0. The van der Waals surface area contributed by atoms with Crippen molar-refractivity contribution in [3.63, 3.8) is 0 Å². The van der Waals surface area contributed by atoms with Gasteiger partial charge in [-0.15, -0.1) is 0 Å². The molecule has 0 aromatic heterocycles. The van der Waals surface area contributed by atoms with Gasteiger partial charge in [0.2, 0.25) is 0 Å². The van der Waals surface area contributed by atoms with Crippen molar-refractivity contribution < 1.29 is 18.8 Å². The SMILES string of the molecule is COc1ccc([N+](=O)[O-])cc1Oc1c(F)cccc1CBr. The lowest BCUT2D eigenvalue weighted by atomic mass is 10.2. The maximum atomic E-state index is 13.9. The highest BCUT2D eigenvalue weighted by atomic mass is 79.9. The fourth-order valence-electron chi connectivity index (χ4n) is 1.74. The Morgan fingerprint density at radius 1 is 1.29 bits per heavy atom. The predicted octanol–water partition coefficient (Wildman–Crippen LogP) is 4.43. The number of rotatable bonds is 5. The summed E-state index contributed by atoms with van der Waals surface area (Å²) in [7, 11) is 1.40. The molecule has 21 heavy (non-hydrogen) atoms. The number of benzene rings is 2. The van der Waals surface area contributed by atoms with E-state index < -0.39 is 10.7 Å². The Hall–Kier alpha value is -2.15. The van der Waals surface area contributed by atoms with Gasteiger partial charge in [-0.05, 0) is 12.1 Å². The molecule has 2 aromatic carbocycles. The van der Waals surface area contributed by atoms with E-state index in [0.717, 1.165) is 0 Å². The Kier molecular flexibility index (Phi) is 4.74. The summed E-state index contributed by atoms with van der Waals surface area (Å²) in [4.78, 5) is 10.3. The summed E-state index contributed by atoms with van der Waals surface area (Å²) < 4.78 is 24.5. The van der Waals surface area contributed by atoms with Crippen molar-refractivity contribution >= 4 is 21.6 Å². The van der Waals surface area contributed by atoms with Crippen LogP contribution in [0.1, 0.15) is 5.56 Å². The van der Waals surface area contributed by atoms with Crippen LogP contribution in [0.5, 0.6) is 17.2 Å². The van der Waals surface area contributed by atoms with Crippen molar-refractivity contribution in [1.29, 1.82) is 0 Å². The van der Waals surface area contributed by atoms with E-state index in [4.69, 9.17) is 9.47 Å². The number of methoxy groups -OCH3 is 1. The summed E-state index contributed by atoms with van der Waals surface area (Å²) in [6, 6.07) is 8.40. The second-order valence-corrected chi connectivity index (χ2v) is 4.62. The summed E-state index contributed by atoms with van der Waals surface area (Å²) in [6.07, 6.45) is 0. The maximum absolute atomic E-state index is 13.9. The molecule has 0 saturated heterocycles. The topological polar surface area (TPSA) is 61.6 Å². The zero-order valence-electron chi connectivity index (χ0n) is 11.0. The molecular weight excluding hydrogens is 345 g/mol. The Bertz CT molecular complexity index is 678. The van der Waals surface area contributed by atoms with Crippen molar-refractivity contribution in [3.8, 4) is 17.2 Å². The highest BCUT2D eigenvalue weighted by Crippen LogP contribution is 2.37. The first-order valence-corrected chi connectivity index (χ1v) is 7.02. The lowest BCUT2D eigenvalue weighted by Gasteiger charge is -2.13. The summed E-state index contributed by atoms with van der Waals surface area (Å²) in [5, 5.41) is 11.2.